The number of nitrogens with zero attached hydrogens (tertiary/aromatic N) is 1. The third kappa shape index (κ3) is 9.25. The Morgan fingerprint density at radius 2 is 1.77 bits per heavy atom. The molecule has 3 N–H and O–H groups in total. The first-order valence-electron chi connectivity index (χ1n) is 10.5. The third-order valence-corrected chi connectivity index (χ3v) is 5.22. The Balaban J connectivity index is 1.80. The van der Waals surface area contributed by atoms with Crippen LogP contribution in [0.15, 0.2) is 12.3 Å². The summed E-state index contributed by atoms with van der Waals surface area (Å²) < 4.78 is 30.0. The third-order valence-electron chi connectivity index (χ3n) is 5.01. The molecule has 0 spiro atoms. The van der Waals surface area contributed by atoms with E-state index < -0.39 is 30.6 Å². The highest BCUT2D eigenvalue weighted by molar-refractivity contribution is 6.29. The fourth-order valence-electron chi connectivity index (χ4n) is 3.46. The van der Waals surface area contributed by atoms with E-state index in [-0.39, 0.29) is 10.7 Å². The summed E-state index contributed by atoms with van der Waals surface area (Å²) in [6.45, 7) is 5.98. The van der Waals surface area contributed by atoms with Crippen molar-refractivity contribution in [3.8, 4) is 0 Å². The van der Waals surface area contributed by atoms with E-state index in [0.29, 0.717) is 30.6 Å². The van der Waals surface area contributed by atoms with Crippen LogP contribution in [0.4, 0.5) is 19.3 Å². The molecule has 1 saturated carbocycles. The molecular weight excluding hydrogens is 430 g/mol. The van der Waals surface area contributed by atoms with Crippen molar-refractivity contribution in [2.75, 3.05) is 25.0 Å². The van der Waals surface area contributed by atoms with Gasteiger partial charge in [0.1, 0.15) is 10.8 Å². The molecule has 0 radical (unpaired) electrons. The van der Waals surface area contributed by atoms with Gasteiger partial charge in [0.2, 0.25) is 0 Å². The van der Waals surface area contributed by atoms with Crippen LogP contribution >= 0.6 is 11.6 Å². The Hall–Kier alpha value is -2.16. The number of anilines is 1. The molecule has 10 heteroatoms. The number of hydrogen-bond donors (Lipinski definition) is 3. The fraction of sp³-hybridized carbons (Fsp3) is 0.667. The lowest BCUT2D eigenvalue weighted by molar-refractivity contribution is 0.0513. The van der Waals surface area contributed by atoms with Gasteiger partial charge in [-0.15, -0.1) is 0 Å². The van der Waals surface area contributed by atoms with Crippen LogP contribution in [-0.2, 0) is 4.74 Å². The molecule has 1 aliphatic carbocycles. The summed E-state index contributed by atoms with van der Waals surface area (Å²) in [7, 11) is 0. The second kappa shape index (κ2) is 11.5. The van der Waals surface area contributed by atoms with Crippen molar-refractivity contribution in [1.82, 2.24) is 15.6 Å². The molecule has 0 bridgehead atoms. The zero-order valence-corrected chi connectivity index (χ0v) is 18.9. The molecule has 2 amide bonds. The maximum absolute atomic E-state index is 12.4. The average Bonchev–Trinajstić information content (AvgIpc) is 2.68. The molecule has 0 aromatic carbocycles. The van der Waals surface area contributed by atoms with Gasteiger partial charge in [-0.2, -0.15) is 0 Å². The van der Waals surface area contributed by atoms with Gasteiger partial charge in [-0.3, -0.25) is 4.79 Å². The number of alkyl carbamates (subject to hydrolysis) is 1. The normalized spacial score (nSPS) is 19.1. The highest BCUT2D eigenvalue weighted by atomic mass is 35.5. The first kappa shape index (κ1) is 25.1. The van der Waals surface area contributed by atoms with Crippen LogP contribution in [0.2, 0.25) is 5.15 Å². The smallest absolute Gasteiger partial charge is 0.407 e. The number of aromatic nitrogens is 1. The van der Waals surface area contributed by atoms with Crippen molar-refractivity contribution in [3.05, 3.63) is 23.0 Å². The number of rotatable bonds is 8. The van der Waals surface area contributed by atoms with Gasteiger partial charge < -0.3 is 20.7 Å². The Morgan fingerprint density at radius 3 is 2.35 bits per heavy atom. The molecule has 2 rings (SSSR count). The first-order valence-corrected chi connectivity index (χ1v) is 10.8. The van der Waals surface area contributed by atoms with E-state index in [2.05, 4.69) is 20.9 Å². The van der Waals surface area contributed by atoms with E-state index in [1.165, 1.54) is 12.3 Å². The van der Waals surface area contributed by atoms with Gasteiger partial charge in [0.25, 0.3) is 12.3 Å². The highest BCUT2D eigenvalue weighted by Gasteiger charge is 2.23. The minimum absolute atomic E-state index is 0.181. The summed E-state index contributed by atoms with van der Waals surface area (Å²) >= 11 is 5.94. The molecule has 31 heavy (non-hydrogen) atoms. The predicted molar refractivity (Wildman–Crippen MR) is 116 cm³/mol. The summed E-state index contributed by atoms with van der Waals surface area (Å²) in [5.41, 5.74) is 0.138. The second-order valence-corrected chi connectivity index (χ2v) is 9.19. The molecule has 1 aromatic heterocycles. The van der Waals surface area contributed by atoms with Gasteiger partial charge in [0.05, 0.1) is 17.8 Å². The number of halogens is 3. The van der Waals surface area contributed by atoms with Crippen LogP contribution in [0.1, 0.15) is 56.8 Å². The number of hydrogen-bond acceptors (Lipinski definition) is 5. The number of amides is 2. The van der Waals surface area contributed by atoms with E-state index >= 15 is 0 Å². The Kier molecular flexibility index (Phi) is 9.28. The largest absolute Gasteiger partial charge is 0.444 e. The number of ether oxygens (including phenoxy) is 1. The second-order valence-electron chi connectivity index (χ2n) is 8.80. The lowest BCUT2D eigenvalue weighted by atomic mass is 9.82. The minimum Gasteiger partial charge on any atom is -0.444 e. The molecule has 0 atom stereocenters. The van der Waals surface area contributed by atoms with Gasteiger partial charge >= 0.3 is 6.09 Å². The van der Waals surface area contributed by atoms with Crippen molar-refractivity contribution in [3.63, 3.8) is 0 Å². The Morgan fingerprint density at radius 1 is 1.16 bits per heavy atom. The van der Waals surface area contributed by atoms with Crippen LogP contribution in [0.5, 0.6) is 0 Å². The zero-order valence-electron chi connectivity index (χ0n) is 18.1. The van der Waals surface area contributed by atoms with E-state index in [4.69, 9.17) is 16.3 Å². The van der Waals surface area contributed by atoms with Crippen molar-refractivity contribution in [1.29, 1.82) is 0 Å². The average molecular weight is 461 g/mol. The van der Waals surface area contributed by atoms with Crippen LogP contribution in [0, 0.1) is 11.8 Å². The van der Waals surface area contributed by atoms with Crippen molar-refractivity contribution >= 4 is 29.3 Å². The summed E-state index contributed by atoms with van der Waals surface area (Å²) in [6, 6.07) is 1.52. The van der Waals surface area contributed by atoms with E-state index in [9.17, 15) is 18.4 Å². The van der Waals surface area contributed by atoms with Crippen LogP contribution in [0.25, 0.3) is 0 Å². The molecule has 1 aliphatic rings. The monoisotopic (exact) mass is 460 g/mol. The lowest BCUT2D eigenvalue weighted by Crippen LogP contribution is -2.36. The zero-order chi connectivity index (χ0) is 23.0. The number of carbonyl (C=O) groups is 2. The van der Waals surface area contributed by atoms with E-state index in [0.717, 1.165) is 25.7 Å². The molecule has 7 nitrogen and oxygen atoms in total. The van der Waals surface area contributed by atoms with Gasteiger partial charge in [-0.1, -0.05) is 11.6 Å². The fourth-order valence-corrected chi connectivity index (χ4v) is 3.62. The summed E-state index contributed by atoms with van der Waals surface area (Å²) in [5, 5.41) is 8.45. The highest BCUT2D eigenvalue weighted by Crippen LogP contribution is 2.29. The molecule has 174 valence electrons. The topological polar surface area (TPSA) is 92.3 Å². The maximum Gasteiger partial charge on any atom is 0.407 e. The molecule has 1 heterocycles. The quantitative estimate of drug-likeness (QED) is 0.498. The summed E-state index contributed by atoms with van der Waals surface area (Å²) in [5.74, 6) is 0.167. The van der Waals surface area contributed by atoms with Gasteiger partial charge in [-0.25, -0.2) is 18.6 Å². The number of alkyl halides is 2. The number of pyridine rings is 1. The van der Waals surface area contributed by atoms with Crippen molar-refractivity contribution in [2.24, 2.45) is 11.8 Å². The maximum atomic E-state index is 12.4. The number of nitrogens with one attached hydrogen (secondary N) is 3. The lowest BCUT2D eigenvalue weighted by Gasteiger charge is -2.29. The van der Waals surface area contributed by atoms with E-state index in [1.54, 1.807) is 0 Å². The Labute approximate surface area is 186 Å². The van der Waals surface area contributed by atoms with Crippen LogP contribution in [-0.4, -0.2) is 48.6 Å². The van der Waals surface area contributed by atoms with Crippen molar-refractivity contribution < 1.29 is 23.1 Å². The predicted octanol–water partition coefficient (Wildman–Crippen LogP) is 4.47. The molecule has 0 saturated heterocycles. The first-order chi connectivity index (χ1) is 14.5. The van der Waals surface area contributed by atoms with Gasteiger partial charge in [0, 0.05) is 19.3 Å². The van der Waals surface area contributed by atoms with Crippen LogP contribution < -0.4 is 16.0 Å². The molecule has 1 aromatic rings. The SMILES string of the molecule is CC(C)(C)OC(=O)NCC1CCC(CNc2cc(Cl)ncc2C(=O)NCC(F)F)CC1. The molecule has 0 aliphatic heterocycles. The molecular formula is C21H31ClF2N4O3. The summed E-state index contributed by atoms with van der Waals surface area (Å²) in [4.78, 5) is 27.8. The summed E-state index contributed by atoms with van der Waals surface area (Å²) in [6.07, 6.45) is 2.15. The molecule has 0 unspecified atom stereocenters. The van der Waals surface area contributed by atoms with Crippen LogP contribution in [0.3, 0.4) is 0 Å². The van der Waals surface area contributed by atoms with Gasteiger partial charge in [-0.05, 0) is 64.4 Å². The standard InChI is InChI=1S/C21H31ClF2N4O3/c1-21(2,3)31-20(30)28-10-14-6-4-13(5-7-14)9-25-16-8-17(22)26-11-15(16)19(29)27-12-18(23)24/h8,11,13-14,18H,4-7,9-10,12H2,1-3H3,(H,25,26)(H,27,29)(H,28,30). The molecule has 1 fully saturated rings. The minimum atomic E-state index is -2.62. The van der Waals surface area contributed by atoms with Gasteiger partial charge in [0.15, 0.2) is 0 Å². The Bertz CT molecular complexity index is 751. The number of carbonyl (C=O) groups excluding carboxylic acids is 2. The van der Waals surface area contributed by atoms with E-state index in [1.807, 2.05) is 20.8 Å². The van der Waals surface area contributed by atoms with Crippen molar-refractivity contribution in [2.45, 2.75) is 58.5 Å².